The molecule has 2 saturated heterocycles. The lowest BCUT2D eigenvalue weighted by Crippen LogP contribution is -2.59. The van der Waals surface area contributed by atoms with Gasteiger partial charge in [-0.25, -0.2) is 4.79 Å². The highest BCUT2D eigenvalue weighted by molar-refractivity contribution is 6.44. The van der Waals surface area contributed by atoms with Crippen molar-refractivity contribution >= 4 is 19.0 Å². The van der Waals surface area contributed by atoms with Gasteiger partial charge in [0.1, 0.15) is 23.2 Å². The first-order chi connectivity index (χ1) is 13.8. The lowest BCUT2D eigenvalue weighted by molar-refractivity contribution is -0.142. The Kier molecular flexibility index (Phi) is 5.15. The molecule has 1 aliphatic carbocycles. The minimum atomic E-state index is -1.52. The fourth-order valence-electron chi connectivity index (χ4n) is 4.09. The van der Waals surface area contributed by atoms with Gasteiger partial charge in [-0.15, -0.1) is 0 Å². The molecule has 1 aromatic rings. The molecule has 3 aliphatic rings. The molecule has 1 aromatic carbocycles. The molecular formula is C18H23BN2O8. The molecule has 3 fully saturated rings. The minimum Gasteiger partial charge on any atom is -0.507 e. The number of aromatic carboxylic acids is 1. The number of hydrogen-bond donors (Lipinski definition) is 6. The van der Waals surface area contributed by atoms with Crippen molar-refractivity contribution in [2.45, 2.75) is 42.8 Å². The standard InChI is InChI=1S/C18H23BN2O8/c22-8-3-13(20-5-8)17(24)21-6-9(7-21)29-14-2-1-10(11-4-12(11)19(27)28)16(23)15(14)18(25)26/h1-2,8-9,11-13,20,22-23,27-28H,3-7H2,(H,25,26)/t8-,11?,12-,13-/m1/s1. The van der Waals surface area contributed by atoms with Crippen LogP contribution in [0.3, 0.4) is 0 Å². The number of carboxylic acid groups (broad SMARTS) is 1. The summed E-state index contributed by atoms with van der Waals surface area (Å²) in [7, 11) is -1.52. The Morgan fingerprint density at radius 2 is 1.93 bits per heavy atom. The molecule has 0 bridgehead atoms. The highest BCUT2D eigenvalue weighted by atomic mass is 16.5. The van der Waals surface area contributed by atoms with Crippen molar-refractivity contribution in [1.82, 2.24) is 10.2 Å². The Bertz CT molecular complexity index is 828. The van der Waals surface area contributed by atoms with E-state index in [9.17, 15) is 35.0 Å². The monoisotopic (exact) mass is 406 g/mol. The van der Waals surface area contributed by atoms with Gasteiger partial charge < -0.3 is 40.3 Å². The van der Waals surface area contributed by atoms with Crippen LogP contribution in [0.4, 0.5) is 0 Å². The third kappa shape index (κ3) is 3.78. The summed E-state index contributed by atoms with van der Waals surface area (Å²) in [5.41, 5.74) is -0.0185. The van der Waals surface area contributed by atoms with Crippen LogP contribution in [0.15, 0.2) is 12.1 Å². The van der Waals surface area contributed by atoms with E-state index in [2.05, 4.69) is 5.32 Å². The third-order valence-corrected chi connectivity index (χ3v) is 5.87. The van der Waals surface area contributed by atoms with E-state index in [0.717, 1.165) is 0 Å². The van der Waals surface area contributed by atoms with Gasteiger partial charge in [-0.1, -0.05) is 6.07 Å². The van der Waals surface area contributed by atoms with Gasteiger partial charge in [-0.05, 0) is 30.4 Å². The highest BCUT2D eigenvalue weighted by Crippen LogP contribution is 2.56. The third-order valence-electron chi connectivity index (χ3n) is 5.87. The average molecular weight is 406 g/mol. The number of carbonyl (C=O) groups excluding carboxylic acids is 1. The van der Waals surface area contributed by atoms with Crippen LogP contribution in [-0.2, 0) is 4.79 Å². The zero-order valence-corrected chi connectivity index (χ0v) is 15.6. The molecule has 1 unspecified atom stereocenters. The van der Waals surface area contributed by atoms with Gasteiger partial charge in [0.2, 0.25) is 5.91 Å². The molecule has 10 nitrogen and oxygen atoms in total. The van der Waals surface area contributed by atoms with E-state index >= 15 is 0 Å². The summed E-state index contributed by atoms with van der Waals surface area (Å²) in [4.78, 5) is 25.6. The number of rotatable bonds is 6. The number of likely N-dealkylation sites (tertiary alicyclic amines) is 1. The van der Waals surface area contributed by atoms with Gasteiger partial charge >= 0.3 is 13.1 Å². The summed E-state index contributed by atoms with van der Waals surface area (Å²) in [5.74, 6) is -2.64. The summed E-state index contributed by atoms with van der Waals surface area (Å²) in [6.07, 6.45) is -0.116. The number of aliphatic hydroxyl groups excluding tert-OH is 1. The first-order valence-electron chi connectivity index (χ1n) is 9.58. The summed E-state index contributed by atoms with van der Waals surface area (Å²) in [5, 5.41) is 51.0. The maximum atomic E-state index is 12.3. The molecule has 6 N–H and O–H groups in total. The number of nitrogens with one attached hydrogen (secondary N) is 1. The Morgan fingerprint density at radius 3 is 2.48 bits per heavy atom. The quantitative estimate of drug-likeness (QED) is 0.317. The first-order valence-corrected chi connectivity index (χ1v) is 9.58. The van der Waals surface area contributed by atoms with Gasteiger partial charge in [0, 0.05) is 12.4 Å². The largest absolute Gasteiger partial charge is 0.507 e. The molecular weight excluding hydrogens is 383 g/mol. The number of carboxylic acids is 1. The predicted octanol–water partition coefficient (Wildman–Crippen LogP) is -1.27. The van der Waals surface area contributed by atoms with Crippen LogP contribution in [0.1, 0.15) is 34.7 Å². The first kappa shape index (κ1) is 20.0. The van der Waals surface area contributed by atoms with Crippen LogP contribution < -0.4 is 10.1 Å². The molecule has 0 spiro atoms. The maximum absolute atomic E-state index is 12.3. The van der Waals surface area contributed by atoms with Crippen molar-refractivity contribution in [3.05, 3.63) is 23.3 Å². The molecule has 4 rings (SSSR count). The van der Waals surface area contributed by atoms with Crippen LogP contribution in [0.2, 0.25) is 5.82 Å². The summed E-state index contributed by atoms with van der Waals surface area (Å²) < 4.78 is 5.71. The Labute approximate surface area is 166 Å². The lowest BCUT2D eigenvalue weighted by Gasteiger charge is -2.40. The number of nitrogens with zero attached hydrogens (tertiary/aromatic N) is 1. The van der Waals surface area contributed by atoms with Crippen molar-refractivity contribution in [2.24, 2.45) is 0 Å². The smallest absolute Gasteiger partial charge is 0.455 e. The van der Waals surface area contributed by atoms with Crippen molar-refractivity contribution < 1.29 is 39.7 Å². The summed E-state index contributed by atoms with van der Waals surface area (Å²) >= 11 is 0. The molecule has 1 saturated carbocycles. The second kappa shape index (κ2) is 7.49. The lowest BCUT2D eigenvalue weighted by atomic mass is 9.81. The summed E-state index contributed by atoms with van der Waals surface area (Å²) in [6.45, 7) is 0.957. The second-order valence-corrected chi connectivity index (χ2v) is 7.93. The Morgan fingerprint density at radius 1 is 1.21 bits per heavy atom. The summed E-state index contributed by atoms with van der Waals surface area (Å²) in [6, 6.07) is 2.57. The number of benzene rings is 1. The number of aromatic hydroxyl groups is 1. The average Bonchev–Trinajstić information content (AvgIpc) is 3.30. The van der Waals surface area contributed by atoms with E-state index < -0.39 is 42.9 Å². The number of phenols is 1. The molecule has 4 atom stereocenters. The fraction of sp³-hybridized carbons (Fsp3) is 0.556. The number of hydrogen-bond acceptors (Lipinski definition) is 8. The van der Waals surface area contributed by atoms with E-state index in [4.69, 9.17) is 4.74 Å². The molecule has 0 radical (unpaired) electrons. The van der Waals surface area contributed by atoms with E-state index in [0.29, 0.717) is 24.9 Å². The highest BCUT2D eigenvalue weighted by Gasteiger charge is 2.48. The second-order valence-electron chi connectivity index (χ2n) is 7.93. The molecule has 2 heterocycles. The van der Waals surface area contributed by atoms with Gasteiger partial charge in [-0.3, -0.25) is 4.79 Å². The normalized spacial score (nSPS) is 28.7. The van der Waals surface area contributed by atoms with E-state index in [1.54, 1.807) is 4.90 Å². The fourth-order valence-corrected chi connectivity index (χ4v) is 4.09. The van der Waals surface area contributed by atoms with Crippen LogP contribution in [-0.4, -0.2) is 87.1 Å². The van der Waals surface area contributed by atoms with E-state index in [-0.39, 0.29) is 36.2 Å². The van der Waals surface area contributed by atoms with Crippen molar-refractivity contribution in [2.75, 3.05) is 19.6 Å². The molecule has 2 aliphatic heterocycles. The zero-order chi connectivity index (χ0) is 20.9. The minimum absolute atomic E-state index is 0.00649. The number of amides is 1. The van der Waals surface area contributed by atoms with Gasteiger partial charge in [0.25, 0.3) is 0 Å². The van der Waals surface area contributed by atoms with Crippen LogP contribution in [0.25, 0.3) is 0 Å². The van der Waals surface area contributed by atoms with Crippen molar-refractivity contribution in [1.29, 1.82) is 0 Å². The van der Waals surface area contributed by atoms with E-state index in [1.165, 1.54) is 12.1 Å². The van der Waals surface area contributed by atoms with Crippen LogP contribution >= 0.6 is 0 Å². The molecule has 1 amide bonds. The van der Waals surface area contributed by atoms with Crippen LogP contribution in [0, 0.1) is 0 Å². The topological polar surface area (TPSA) is 160 Å². The number of β-amino-alcohol motifs (C(OH)–C–C–N with tert-alkyl or cyclic N) is 1. The molecule has 29 heavy (non-hydrogen) atoms. The SMILES string of the molecule is O=C(O)c1c(OC2CN(C(=O)[C@H]3C[C@@H](O)CN3)C2)ccc(C2C[C@H]2B(O)O)c1O. The molecule has 0 aromatic heterocycles. The van der Waals surface area contributed by atoms with Crippen LogP contribution in [0.5, 0.6) is 11.5 Å². The molecule has 156 valence electrons. The maximum Gasteiger partial charge on any atom is 0.455 e. The van der Waals surface area contributed by atoms with Gasteiger partial charge in [0.15, 0.2) is 0 Å². The predicted molar refractivity (Wildman–Crippen MR) is 99.8 cm³/mol. The van der Waals surface area contributed by atoms with E-state index in [1.807, 2.05) is 0 Å². The number of carbonyl (C=O) groups is 2. The Hall–Kier alpha value is -2.34. The van der Waals surface area contributed by atoms with Crippen molar-refractivity contribution in [3.63, 3.8) is 0 Å². The van der Waals surface area contributed by atoms with Gasteiger partial charge in [0.05, 0.1) is 25.2 Å². The Balaban J connectivity index is 1.41. The van der Waals surface area contributed by atoms with Crippen molar-refractivity contribution in [3.8, 4) is 11.5 Å². The number of ether oxygens (including phenoxy) is 1. The number of aliphatic hydroxyl groups is 1. The zero-order valence-electron chi connectivity index (χ0n) is 15.6. The van der Waals surface area contributed by atoms with Gasteiger partial charge in [-0.2, -0.15) is 0 Å². The molecule has 11 heteroatoms.